The smallest absolute Gasteiger partial charge is 0.287 e. The SMILES string of the molecule is CCCCCCCCCCC(CCCCCCCC)COP(=O)(OCC)OCC. The Kier molecular flexibility index (Phi) is 21.4. The average molecular weight is 435 g/mol. The third-order valence-corrected chi connectivity index (χ3v) is 7.09. The first-order valence-corrected chi connectivity index (χ1v) is 14.1. The van der Waals surface area contributed by atoms with Crippen LogP contribution in [0.4, 0.5) is 0 Å². The summed E-state index contributed by atoms with van der Waals surface area (Å²) >= 11 is 0. The largest absolute Gasteiger partial charge is 0.474 e. The van der Waals surface area contributed by atoms with Crippen LogP contribution in [0.1, 0.15) is 130 Å². The lowest BCUT2D eigenvalue weighted by molar-refractivity contribution is 0.102. The number of rotatable bonds is 23. The summed E-state index contributed by atoms with van der Waals surface area (Å²) in [6.07, 6.45) is 20.8. The van der Waals surface area contributed by atoms with Crippen LogP contribution in [0.5, 0.6) is 0 Å². The van der Waals surface area contributed by atoms with Gasteiger partial charge in [0.05, 0.1) is 19.8 Å². The van der Waals surface area contributed by atoms with Crippen molar-refractivity contribution >= 4 is 7.82 Å². The highest BCUT2D eigenvalue weighted by Gasteiger charge is 2.26. The second-order valence-electron chi connectivity index (χ2n) is 8.26. The van der Waals surface area contributed by atoms with Gasteiger partial charge in [0.15, 0.2) is 0 Å². The zero-order valence-electron chi connectivity index (χ0n) is 20.1. The maximum Gasteiger partial charge on any atom is 0.474 e. The molecule has 0 saturated carbocycles. The van der Waals surface area contributed by atoms with Gasteiger partial charge in [0, 0.05) is 0 Å². The summed E-state index contributed by atoms with van der Waals surface area (Å²) in [4.78, 5) is 0. The van der Waals surface area contributed by atoms with Gasteiger partial charge in [-0.1, -0.05) is 104 Å². The first kappa shape index (κ1) is 29.1. The molecule has 0 aliphatic rings. The predicted octanol–water partition coefficient (Wildman–Crippen LogP) is 9.08. The third kappa shape index (κ3) is 18.6. The van der Waals surface area contributed by atoms with Gasteiger partial charge in [-0.15, -0.1) is 0 Å². The van der Waals surface area contributed by atoms with Crippen LogP contribution in [-0.4, -0.2) is 19.8 Å². The minimum absolute atomic E-state index is 0.345. The molecule has 0 amide bonds. The van der Waals surface area contributed by atoms with E-state index in [0.29, 0.717) is 25.7 Å². The first-order chi connectivity index (χ1) is 14.1. The summed E-state index contributed by atoms with van der Waals surface area (Å²) in [5.74, 6) is 0.454. The lowest BCUT2D eigenvalue weighted by atomic mass is 9.95. The molecule has 0 aliphatic heterocycles. The topological polar surface area (TPSA) is 44.8 Å². The highest BCUT2D eigenvalue weighted by Crippen LogP contribution is 2.49. The quantitative estimate of drug-likeness (QED) is 0.119. The van der Waals surface area contributed by atoms with E-state index in [4.69, 9.17) is 13.6 Å². The molecule has 0 aliphatic carbocycles. The molecular weight excluding hydrogens is 383 g/mol. The fraction of sp³-hybridized carbons (Fsp3) is 1.00. The molecule has 0 N–H and O–H groups in total. The van der Waals surface area contributed by atoms with Gasteiger partial charge in [0.2, 0.25) is 0 Å². The van der Waals surface area contributed by atoms with Crippen molar-refractivity contribution in [3.8, 4) is 0 Å². The Hall–Kier alpha value is 0.110. The Morgan fingerprint density at radius 1 is 0.552 bits per heavy atom. The van der Waals surface area contributed by atoms with Crippen molar-refractivity contribution in [1.82, 2.24) is 0 Å². The highest BCUT2D eigenvalue weighted by atomic mass is 31.2. The molecule has 176 valence electrons. The van der Waals surface area contributed by atoms with Crippen LogP contribution in [0.15, 0.2) is 0 Å². The molecule has 29 heavy (non-hydrogen) atoms. The molecule has 0 radical (unpaired) electrons. The Labute approximate surface area is 182 Å². The van der Waals surface area contributed by atoms with Gasteiger partial charge in [-0.05, 0) is 32.6 Å². The van der Waals surface area contributed by atoms with Gasteiger partial charge in [-0.25, -0.2) is 4.57 Å². The van der Waals surface area contributed by atoms with E-state index in [1.165, 1.54) is 89.9 Å². The van der Waals surface area contributed by atoms with Gasteiger partial charge in [-0.3, -0.25) is 13.6 Å². The molecule has 0 heterocycles. The molecular formula is C24H51O4P. The summed E-state index contributed by atoms with van der Waals surface area (Å²) < 4.78 is 28.9. The molecule has 0 rings (SSSR count). The number of hydrogen-bond acceptors (Lipinski definition) is 4. The van der Waals surface area contributed by atoms with Crippen LogP contribution in [0.2, 0.25) is 0 Å². The van der Waals surface area contributed by atoms with Crippen molar-refractivity contribution in [2.75, 3.05) is 19.8 Å². The second kappa shape index (κ2) is 21.3. The average Bonchev–Trinajstić information content (AvgIpc) is 2.70. The van der Waals surface area contributed by atoms with E-state index in [1.807, 2.05) is 13.8 Å². The van der Waals surface area contributed by atoms with Crippen molar-refractivity contribution in [1.29, 1.82) is 0 Å². The van der Waals surface area contributed by atoms with Gasteiger partial charge < -0.3 is 0 Å². The summed E-state index contributed by atoms with van der Waals surface area (Å²) in [5.41, 5.74) is 0. The van der Waals surface area contributed by atoms with Crippen molar-refractivity contribution in [3.05, 3.63) is 0 Å². The van der Waals surface area contributed by atoms with E-state index < -0.39 is 7.82 Å². The van der Waals surface area contributed by atoms with Gasteiger partial charge in [0.25, 0.3) is 0 Å². The minimum Gasteiger partial charge on any atom is -0.287 e. The fourth-order valence-electron chi connectivity index (χ4n) is 3.72. The summed E-state index contributed by atoms with van der Waals surface area (Å²) in [6, 6.07) is 0. The summed E-state index contributed by atoms with van der Waals surface area (Å²) in [5, 5.41) is 0. The zero-order valence-corrected chi connectivity index (χ0v) is 21.0. The van der Waals surface area contributed by atoms with Gasteiger partial charge >= 0.3 is 7.82 Å². The van der Waals surface area contributed by atoms with E-state index in [1.54, 1.807) is 0 Å². The molecule has 0 bridgehead atoms. The molecule has 0 aromatic carbocycles. The molecule has 0 aromatic heterocycles. The molecule has 1 unspecified atom stereocenters. The molecule has 5 heteroatoms. The highest BCUT2D eigenvalue weighted by molar-refractivity contribution is 7.48. The van der Waals surface area contributed by atoms with Gasteiger partial charge in [0.1, 0.15) is 0 Å². The predicted molar refractivity (Wildman–Crippen MR) is 126 cm³/mol. The van der Waals surface area contributed by atoms with Crippen molar-refractivity contribution in [3.63, 3.8) is 0 Å². The van der Waals surface area contributed by atoms with Crippen molar-refractivity contribution in [2.45, 2.75) is 130 Å². The molecule has 4 nitrogen and oxygen atoms in total. The summed E-state index contributed by atoms with van der Waals surface area (Å²) in [7, 11) is -3.39. The fourth-order valence-corrected chi connectivity index (χ4v) is 4.97. The Morgan fingerprint density at radius 3 is 1.31 bits per heavy atom. The minimum atomic E-state index is -3.39. The van der Waals surface area contributed by atoms with Crippen LogP contribution in [-0.2, 0) is 18.1 Å². The zero-order chi connectivity index (χ0) is 21.6. The Morgan fingerprint density at radius 2 is 0.931 bits per heavy atom. The lowest BCUT2D eigenvalue weighted by Crippen LogP contribution is -2.11. The van der Waals surface area contributed by atoms with E-state index in [9.17, 15) is 4.57 Å². The van der Waals surface area contributed by atoms with Crippen LogP contribution >= 0.6 is 7.82 Å². The van der Waals surface area contributed by atoms with Crippen LogP contribution in [0.25, 0.3) is 0 Å². The van der Waals surface area contributed by atoms with Crippen molar-refractivity contribution < 1.29 is 18.1 Å². The second-order valence-corrected chi connectivity index (χ2v) is 9.93. The van der Waals surface area contributed by atoms with E-state index in [2.05, 4.69) is 13.8 Å². The molecule has 0 fully saturated rings. The molecule has 0 aromatic rings. The standard InChI is InChI=1S/C24H51O4P/c1-5-9-11-13-15-16-18-20-22-24(21-19-17-14-12-10-6-2)23-28-29(25,26-7-3)27-8-4/h24H,5-23H2,1-4H3. The van der Waals surface area contributed by atoms with Crippen LogP contribution in [0.3, 0.4) is 0 Å². The van der Waals surface area contributed by atoms with Crippen LogP contribution < -0.4 is 0 Å². The number of unbranched alkanes of at least 4 members (excludes halogenated alkanes) is 12. The maximum atomic E-state index is 12.6. The maximum absolute atomic E-state index is 12.6. The van der Waals surface area contributed by atoms with E-state index in [-0.39, 0.29) is 0 Å². The Balaban J connectivity index is 4.24. The third-order valence-electron chi connectivity index (χ3n) is 5.47. The lowest BCUT2D eigenvalue weighted by Gasteiger charge is -2.21. The van der Waals surface area contributed by atoms with Gasteiger partial charge in [-0.2, -0.15) is 0 Å². The van der Waals surface area contributed by atoms with Crippen LogP contribution in [0, 0.1) is 5.92 Å². The normalized spacial score (nSPS) is 13.1. The molecule has 0 saturated heterocycles. The Bertz CT molecular complexity index is 366. The van der Waals surface area contributed by atoms with Crippen molar-refractivity contribution in [2.24, 2.45) is 5.92 Å². The number of phosphoric acid groups is 1. The number of phosphoric ester groups is 1. The molecule has 1 atom stereocenters. The first-order valence-electron chi connectivity index (χ1n) is 12.6. The molecule has 0 spiro atoms. The van der Waals surface area contributed by atoms with E-state index in [0.717, 1.165) is 12.8 Å². The van der Waals surface area contributed by atoms with E-state index >= 15 is 0 Å². The monoisotopic (exact) mass is 434 g/mol. The number of hydrogen-bond donors (Lipinski definition) is 0. The summed E-state index contributed by atoms with van der Waals surface area (Å²) in [6.45, 7) is 9.35.